The van der Waals surface area contributed by atoms with Crippen molar-refractivity contribution in [3.05, 3.63) is 46.6 Å². The Bertz CT molecular complexity index is 535. The Morgan fingerprint density at radius 1 is 1.12 bits per heavy atom. The van der Waals surface area contributed by atoms with Crippen molar-refractivity contribution >= 4 is 17.3 Å². The molecule has 1 aromatic carbocycles. The van der Waals surface area contributed by atoms with E-state index in [1.54, 1.807) is 12.3 Å². The molecule has 1 aromatic heterocycles. The third-order valence-corrected chi connectivity index (χ3v) is 2.97. The van der Waals surface area contributed by atoms with Gasteiger partial charge in [0.15, 0.2) is 0 Å². The topological polar surface area (TPSA) is 38.9 Å². The van der Waals surface area contributed by atoms with Gasteiger partial charge in [-0.2, -0.15) is 0 Å². The Hall–Kier alpha value is -1.54. The van der Waals surface area contributed by atoms with Crippen LogP contribution in [-0.4, -0.2) is 4.98 Å². The van der Waals surface area contributed by atoms with Crippen LogP contribution in [0.3, 0.4) is 0 Å². The number of nitrogens with zero attached hydrogens (tertiary/aromatic N) is 1. The summed E-state index contributed by atoms with van der Waals surface area (Å²) in [6.07, 6.45) is 1.72. The first-order chi connectivity index (χ1) is 7.58. The van der Waals surface area contributed by atoms with Crippen molar-refractivity contribution in [2.45, 2.75) is 13.8 Å². The predicted molar refractivity (Wildman–Crippen MR) is 68.6 cm³/mol. The second kappa shape index (κ2) is 4.14. The molecule has 0 amide bonds. The van der Waals surface area contributed by atoms with Crippen LogP contribution in [-0.2, 0) is 0 Å². The van der Waals surface area contributed by atoms with Gasteiger partial charge in [0.2, 0.25) is 0 Å². The lowest BCUT2D eigenvalue weighted by atomic mass is 10.0. The molecule has 0 saturated heterocycles. The van der Waals surface area contributed by atoms with E-state index in [2.05, 4.69) is 4.98 Å². The minimum atomic E-state index is 0.719. The molecule has 2 nitrogen and oxygen atoms in total. The summed E-state index contributed by atoms with van der Waals surface area (Å²) in [6.45, 7) is 4.00. The zero-order valence-electron chi connectivity index (χ0n) is 9.29. The van der Waals surface area contributed by atoms with Crippen LogP contribution >= 0.6 is 11.6 Å². The van der Waals surface area contributed by atoms with Gasteiger partial charge in [-0.25, -0.2) is 0 Å². The van der Waals surface area contributed by atoms with E-state index in [1.165, 1.54) is 0 Å². The normalized spacial score (nSPS) is 10.4. The number of anilines is 1. The number of nitrogens with two attached hydrogens (primary N) is 1. The first-order valence-corrected chi connectivity index (χ1v) is 5.44. The van der Waals surface area contributed by atoms with Gasteiger partial charge in [-0.05, 0) is 49.2 Å². The van der Waals surface area contributed by atoms with Crippen molar-refractivity contribution in [2.24, 2.45) is 0 Å². The van der Waals surface area contributed by atoms with Crippen LogP contribution in [0.5, 0.6) is 0 Å². The molecular formula is C13H13ClN2. The summed E-state index contributed by atoms with van der Waals surface area (Å²) in [6, 6.07) is 7.65. The van der Waals surface area contributed by atoms with Gasteiger partial charge in [0.1, 0.15) is 0 Å². The summed E-state index contributed by atoms with van der Waals surface area (Å²) in [4.78, 5) is 4.32. The smallest absolute Gasteiger partial charge is 0.0725 e. The number of pyridine rings is 1. The van der Waals surface area contributed by atoms with Crippen LogP contribution in [0.25, 0.3) is 11.3 Å². The molecular weight excluding hydrogens is 220 g/mol. The highest BCUT2D eigenvalue weighted by Gasteiger charge is 2.06. The van der Waals surface area contributed by atoms with Gasteiger partial charge in [-0.3, -0.25) is 4.98 Å². The molecule has 0 unspecified atom stereocenters. The maximum atomic E-state index is 6.06. The highest BCUT2D eigenvalue weighted by molar-refractivity contribution is 6.31. The highest BCUT2D eigenvalue weighted by Crippen LogP contribution is 2.28. The molecule has 0 bridgehead atoms. The Kier molecular flexibility index (Phi) is 2.84. The lowest BCUT2D eigenvalue weighted by Crippen LogP contribution is -1.91. The third kappa shape index (κ3) is 2.02. The van der Waals surface area contributed by atoms with Crippen LogP contribution < -0.4 is 5.73 Å². The second-order valence-electron chi connectivity index (χ2n) is 3.89. The van der Waals surface area contributed by atoms with Crippen molar-refractivity contribution in [1.82, 2.24) is 4.98 Å². The van der Waals surface area contributed by atoms with E-state index < -0.39 is 0 Å². The van der Waals surface area contributed by atoms with Crippen LogP contribution in [0.15, 0.2) is 30.5 Å². The van der Waals surface area contributed by atoms with Gasteiger partial charge in [0, 0.05) is 22.5 Å². The summed E-state index contributed by atoms with van der Waals surface area (Å²) >= 11 is 6.06. The number of aromatic nitrogens is 1. The summed E-state index contributed by atoms with van der Waals surface area (Å²) in [5.74, 6) is 0. The fraction of sp³-hybridized carbons (Fsp3) is 0.154. The number of rotatable bonds is 1. The van der Waals surface area contributed by atoms with E-state index in [0.29, 0.717) is 0 Å². The molecule has 0 saturated carbocycles. The monoisotopic (exact) mass is 232 g/mol. The molecule has 1 heterocycles. The zero-order chi connectivity index (χ0) is 11.7. The van der Waals surface area contributed by atoms with E-state index in [0.717, 1.165) is 33.1 Å². The largest absolute Gasteiger partial charge is 0.399 e. The molecule has 0 spiro atoms. The number of hydrogen-bond donors (Lipinski definition) is 1. The molecule has 2 aromatic rings. The molecule has 0 atom stereocenters. The molecule has 0 radical (unpaired) electrons. The van der Waals surface area contributed by atoms with E-state index >= 15 is 0 Å². The lowest BCUT2D eigenvalue weighted by molar-refractivity contribution is 1.29. The molecule has 3 heteroatoms. The first kappa shape index (κ1) is 11.0. The van der Waals surface area contributed by atoms with Crippen molar-refractivity contribution in [1.29, 1.82) is 0 Å². The Balaban J connectivity index is 2.60. The van der Waals surface area contributed by atoms with Crippen LogP contribution in [0, 0.1) is 13.8 Å². The molecule has 0 aliphatic heterocycles. The van der Waals surface area contributed by atoms with Gasteiger partial charge >= 0.3 is 0 Å². The van der Waals surface area contributed by atoms with Crippen LogP contribution in [0.2, 0.25) is 5.02 Å². The van der Waals surface area contributed by atoms with Crippen LogP contribution in [0.4, 0.5) is 5.69 Å². The van der Waals surface area contributed by atoms with E-state index in [1.807, 2.05) is 32.0 Å². The maximum Gasteiger partial charge on any atom is 0.0725 e. The molecule has 0 aliphatic carbocycles. The Labute approximate surface area is 100 Å². The fourth-order valence-corrected chi connectivity index (χ4v) is 1.87. The number of aryl methyl sites for hydroxylation is 2. The quantitative estimate of drug-likeness (QED) is 0.816. The number of halogens is 1. The summed E-state index contributed by atoms with van der Waals surface area (Å²) in [7, 11) is 0. The summed E-state index contributed by atoms with van der Waals surface area (Å²) < 4.78 is 0. The predicted octanol–water partition coefficient (Wildman–Crippen LogP) is 3.60. The number of hydrogen-bond acceptors (Lipinski definition) is 2. The van der Waals surface area contributed by atoms with Gasteiger partial charge in [-0.15, -0.1) is 0 Å². The molecule has 0 aliphatic rings. The average Bonchev–Trinajstić information content (AvgIpc) is 2.23. The summed E-state index contributed by atoms with van der Waals surface area (Å²) in [5.41, 5.74) is 10.6. The third-order valence-electron chi connectivity index (χ3n) is 2.57. The maximum absolute atomic E-state index is 6.06. The van der Waals surface area contributed by atoms with E-state index in [-0.39, 0.29) is 0 Å². The second-order valence-corrected chi connectivity index (χ2v) is 4.30. The van der Waals surface area contributed by atoms with Crippen molar-refractivity contribution in [2.75, 3.05) is 5.73 Å². The highest BCUT2D eigenvalue weighted by atomic mass is 35.5. The summed E-state index contributed by atoms with van der Waals surface area (Å²) in [5, 5.41) is 0.783. The fourth-order valence-electron chi connectivity index (χ4n) is 1.65. The van der Waals surface area contributed by atoms with Crippen molar-refractivity contribution in [3.63, 3.8) is 0 Å². The van der Waals surface area contributed by atoms with Gasteiger partial charge in [0.05, 0.1) is 5.69 Å². The van der Waals surface area contributed by atoms with E-state index in [4.69, 9.17) is 17.3 Å². The Morgan fingerprint density at radius 2 is 1.88 bits per heavy atom. The van der Waals surface area contributed by atoms with Gasteiger partial charge in [-0.1, -0.05) is 11.6 Å². The Morgan fingerprint density at radius 3 is 2.56 bits per heavy atom. The molecule has 2 N–H and O–H groups in total. The zero-order valence-corrected chi connectivity index (χ0v) is 10.0. The lowest BCUT2D eigenvalue weighted by Gasteiger charge is -2.08. The first-order valence-electron chi connectivity index (χ1n) is 5.06. The van der Waals surface area contributed by atoms with Crippen LogP contribution in [0.1, 0.15) is 11.1 Å². The standard InChI is InChI=1S/C13H13ClN2/c1-8-6-12(14)9(2)5-11(8)13-7-10(15)3-4-16-13/h3-7H,1-2H3,(H2,15,16). The van der Waals surface area contributed by atoms with Crippen molar-refractivity contribution < 1.29 is 0 Å². The molecule has 2 rings (SSSR count). The van der Waals surface area contributed by atoms with Crippen molar-refractivity contribution in [3.8, 4) is 11.3 Å². The number of benzene rings is 1. The minimum Gasteiger partial charge on any atom is -0.399 e. The SMILES string of the molecule is Cc1cc(-c2cc(N)ccn2)c(C)cc1Cl. The molecule has 82 valence electrons. The van der Waals surface area contributed by atoms with Gasteiger partial charge in [0.25, 0.3) is 0 Å². The van der Waals surface area contributed by atoms with Gasteiger partial charge < -0.3 is 5.73 Å². The molecule has 16 heavy (non-hydrogen) atoms. The number of nitrogen functional groups attached to an aromatic ring is 1. The average molecular weight is 233 g/mol. The van der Waals surface area contributed by atoms with E-state index in [9.17, 15) is 0 Å². The minimum absolute atomic E-state index is 0.719. The molecule has 0 fully saturated rings.